The standard InChI is InChI=1S/C22H25BrN4O2S2/c1-14-18(23)15(2)31-19(14)21(29)27(11-9-16-7-5-4-6-8-16)12-10-24-20(28)17-13-25-22(30)26(17)3/h4-8,13H,9-12H2,1-3H3,(H,24,28)(H,25,30). The number of nitrogens with zero attached hydrogens (tertiary/aromatic N) is 2. The molecule has 6 nitrogen and oxygen atoms in total. The van der Waals surface area contributed by atoms with Crippen LogP contribution in [-0.2, 0) is 13.5 Å². The summed E-state index contributed by atoms with van der Waals surface area (Å²) in [5.41, 5.74) is 2.58. The number of rotatable bonds is 8. The number of carbonyl (C=O) groups is 2. The van der Waals surface area contributed by atoms with E-state index in [2.05, 4.69) is 38.4 Å². The number of benzene rings is 1. The molecule has 0 fully saturated rings. The highest BCUT2D eigenvalue weighted by Gasteiger charge is 2.22. The van der Waals surface area contributed by atoms with E-state index >= 15 is 0 Å². The van der Waals surface area contributed by atoms with E-state index in [9.17, 15) is 9.59 Å². The van der Waals surface area contributed by atoms with Crippen molar-refractivity contribution in [2.75, 3.05) is 19.6 Å². The van der Waals surface area contributed by atoms with Crippen LogP contribution in [0.4, 0.5) is 0 Å². The van der Waals surface area contributed by atoms with Crippen molar-refractivity contribution < 1.29 is 9.59 Å². The topological polar surface area (TPSA) is 70.1 Å². The number of aromatic nitrogens is 2. The fraction of sp³-hybridized carbons (Fsp3) is 0.318. The van der Waals surface area contributed by atoms with Crippen molar-refractivity contribution in [3.8, 4) is 0 Å². The van der Waals surface area contributed by atoms with E-state index < -0.39 is 0 Å². The van der Waals surface area contributed by atoms with Gasteiger partial charge in [-0.3, -0.25) is 9.59 Å². The Bertz CT molecular complexity index is 1130. The van der Waals surface area contributed by atoms with E-state index in [1.165, 1.54) is 16.9 Å². The fourth-order valence-electron chi connectivity index (χ4n) is 3.26. The summed E-state index contributed by atoms with van der Waals surface area (Å²) in [4.78, 5) is 32.3. The number of aryl methyl sites for hydroxylation is 1. The molecule has 3 aromatic rings. The molecule has 0 atom stereocenters. The van der Waals surface area contributed by atoms with Gasteiger partial charge in [-0.05, 0) is 59.5 Å². The zero-order valence-corrected chi connectivity index (χ0v) is 20.9. The summed E-state index contributed by atoms with van der Waals surface area (Å²) in [6, 6.07) is 10.1. The van der Waals surface area contributed by atoms with Crippen molar-refractivity contribution in [2.24, 2.45) is 7.05 Å². The van der Waals surface area contributed by atoms with Crippen molar-refractivity contribution in [2.45, 2.75) is 20.3 Å². The summed E-state index contributed by atoms with van der Waals surface area (Å²) in [5.74, 6) is -0.238. The molecule has 0 saturated carbocycles. The van der Waals surface area contributed by atoms with Crippen LogP contribution in [-0.4, -0.2) is 45.9 Å². The Balaban J connectivity index is 1.71. The molecule has 2 aromatic heterocycles. The van der Waals surface area contributed by atoms with Crippen LogP contribution in [0.15, 0.2) is 41.0 Å². The maximum absolute atomic E-state index is 13.3. The third-order valence-corrected chi connectivity index (χ3v) is 8.17. The summed E-state index contributed by atoms with van der Waals surface area (Å²) in [5, 5.41) is 2.89. The second kappa shape index (κ2) is 10.4. The number of amides is 2. The third kappa shape index (κ3) is 5.53. The van der Waals surface area contributed by atoms with Crippen LogP contribution in [0.5, 0.6) is 0 Å². The molecule has 164 valence electrons. The molecule has 1 aromatic carbocycles. The van der Waals surface area contributed by atoms with Gasteiger partial charge < -0.3 is 19.8 Å². The van der Waals surface area contributed by atoms with Gasteiger partial charge in [0.25, 0.3) is 11.8 Å². The molecule has 3 rings (SSSR count). The van der Waals surface area contributed by atoms with Crippen LogP contribution >= 0.6 is 39.5 Å². The van der Waals surface area contributed by atoms with Crippen LogP contribution < -0.4 is 5.32 Å². The largest absolute Gasteiger partial charge is 0.349 e. The normalized spacial score (nSPS) is 10.8. The third-order valence-electron chi connectivity index (χ3n) is 5.13. The van der Waals surface area contributed by atoms with Gasteiger partial charge in [-0.2, -0.15) is 0 Å². The van der Waals surface area contributed by atoms with Crippen molar-refractivity contribution in [3.05, 3.63) is 72.3 Å². The fourth-order valence-corrected chi connectivity index (χ4v) is 5.01. The van der Waals surface area contributed by atoms with Gasteiger partial charge in [-0.1, -0.05) is 30.3 Å². The Morgan fingerprint density at radius 2 is 1.94 bits per heavy atom. The van der Waals surface area contributed by atoms with Crippen LogP contribution in [0.25, 0.3) is 0 Å². The van der Waals surface area contributed by atoms with Crippen molar-refractivity contribution in [1.29, 1.82) is 0 Å². The smallest absolute Gasteiger partial charge is 0.269 e. The summed E-state index contributed by atoms with van der Waals surface area (Å²) in [6.07, 6.45) is 2.34. The zero-order valence-electron chi connectivity index (χ0n) is 17.7. The predicted molar refractivity (Wildman–Crippen MR) is 130 cm³/mol. The highest BCUT2D eigenvalue weighted by Crippen LogP contribution is 2.32. The molecule has 0 aliphatic carbocycles. The highest BCUT2D eigenvalue weighted by atomic mass is 79.9. The second-order valence-corrected chi connectivity index (χ2v) is 9.65. The van der Waals surface area contributed by atoms with E-state index in [1.54, 1.807) is 17.8 Å². The number of nitrogens with one attached hydrogen (secondary N) is 2. The minimum absolute atomic E-state index is 0.0125. The van der Waals surface area contributed by atoms with E-state index in [-0.39, 0.29) is 11.8 Å². The summed E-state index contributed by atoms with van der Waals surface area (Å²) in [7, 11) is 1.74. The predicted octanol–water partition coefficient (Wildman–Crippen LogP) is 4.64. The number of hydrogen-bond acceptors (Lipinski definition) is 4. The molecule has 0 bridgehead atoms. The maximum Gasteiger partial charge on any atom is 0.269 e. The lowest BCUT2D eigenvalue weighted by molar-refractivity contribution is 0.0753. The molecule has 9 heteroatoms. The molecule has 2 N–H and O–H groups in total. The number of carbonyl (C=O) groups excluding carboxylic acids is 2. The summed E-state index contributed by atoms with van der Waals surface area (Å²) < 4.78 is 3.09. The molecule has 31 heavy (non-hydrogen) atoms. The quantitative estimate of drug-likeness (QED) is 0.425. The summed E-state index contributed by atoms with van der Waals surface area (Å²) >= 11 is 10.2. The van der Waals surface area contributed by atoms with Gasteiger partial charge in [-0.15, -0.1) is 11.3 Å². The first-order valence-corrected chi connectivity index (χ1v) is 11.9. The zero-order chi connectivity index (χ0) is 22.5. The molecule has 2 amide bonds. The maximum atomic E-state index is 13.3. The second-order valence-electron chi connectivity index (χ2n) is 7.25. The minimum atomic E-state index is -0.226. The van der Waals surface area contributed by atoms with Crippen molar-refractivity contribution in [3.63, 3.8) is 0 Å². The van der Waals surface area contributed by atoms with E-state index in [4.69, 9.17) is 12.2 Å². The number of thiophene rings is 1. The number of aromatic amines is 1. The Morgan fingerprint density at radius 3 is 2.52 bits per heavy atom. The van der Waals surface area contributed by atoms with Gasteiger partial charge in [0, 0.05) is 42.2 Å². The van der Waals surface area contributed by atoms with Crippen LogP contribution in [0.1, 0.15) is 36.2 Å². The highest BCUT2D eigenvalue weighted by molar-refractivity contribution is 9.10. The van der Waals surface area contributed by atoms with Gasteiger partial charge >= 0.3 is 0 Å². The molecular formula is C22H25BrN4O2S2. The van der Waals surface area contributed by atoms with Gasteiger partial charge in [0.05, 0.1) is 4.88 Å². The monoisotopic (exact) mass is 520 g/mol. The lowest BCUT2D eigenvalue weighted by Gasteiger charge is -2.23. The van der Waals surface area contributed by atoms with E-state index in [1.807, 2.05) is 36.9 Å². The number of hydrogen-bond donors (Lipinski definition) is 2. The average Bonchev–Trinajstić information content (AvgIpc) is 3.23. The molecular weight excluding hydrogens is 496 g/mol. The van der Waals surface area contributed by atoms with Gasteiger partial charge in [0.2, 0.25) is 0 Å². The molecule has 0 spiro atoms. The van der Waals surface area contributed by atoms with Gasteiger partial charge in [0.1, 0.15) is 5.69 Å². The van der Waals surface area contributed by atoms with Crippen molar-refractivity contribution in [1.82, 2.24) is 19.8 Å². The SMILES string of the molecule is Cc1sc(C(=O)N(CCNC(=O)c2c[nH]c(=S)n2C)CCc2ccccc2)c(C)c1Br. The Morgan fingerprint density at radius 1 is 1.23 bits per heavy atom. The van der Waals surface area contributed by atoms with Crippen molar-refractivity contribution >= 4 is 51.3 Å². The van der Waals surface area contributed by atoms with Gasteiger partial charge in [-0.25, -0.2) is 0 Å². The van der Waals surface area contributed by atoms with Crippen LogP contribution in [0.3, 0.4) is 0 Å². The molecule has 0 aliphatic heterocycles. The van der Waals surface area contributed by atoms with Crippen LogP contribution in [0.2, 0.25) is 0 Å². The molecule has 0 aliphatic rings. The molecule has 0 unspecified atom stereocenters. The molecule has 0 radical (unpaired) electrons. The number of imidazole rings is 1. The number of halogens is 1. The molecule has 0 saturated heterocycles. The van der Waals surface area contributed by atoms with Gasteiger partial charge in [0.15, 0.2) is 4.77 Å². The first-order valence-electron chi connectivity index (χ1n) is 9.91. The lowest BCUT2D eigenvalue weighted by Crippen LogP contribution is -2.40. The first-order chi connectivity index (χ1) is 14.8. The van der Waals surface area contributed by atoms with E-state index in [0.717, 1.165) is 26.2 Å². The molecule has 2 heterocycles. The average molecular weight is 522 g/mol. The minimum Gasteiger partial charge on any atom is -0.349 e. The summed E-state index contributed by atoms with van der Waals surface area (Å²) in [6.45, 7) is 5.29. The Hall–Kier alpha value is -2.23. The first kappa shape index (κ1) is 23.4. The van der Waals surface area contributed by atoms with Crippen LogP contribution in [0, 0.1) is 18.6 Å². The Kier molecular flexibility index (Phi) is 7.85. The number of H-pyrrole nitrogens is 1. The Labute approximate surface area is 199 Å². The van der Waals surface area contributed by atoms with E-state index in [0.29, 0.717) is 30.1 Å². The lowest BCUT2D eigenvalue weighted by atomic mass is 10.1.